The number of ether oxygens (including phenoxy) is 1. The molecule has 1 aliphatic carbocycles. The Morgan fingerprint density at radius 3 is 2.42 bits per heavy atom. The molecule has 0 aromatic carbocycles. The summed E-state index contributed by atoms with van der Waals surface area (Å²) < 4.78 is 4.81. The average Bonchev–Trinajstić information content (AvgIpc) is 2.92. The number of thiophene rings is 1. The number of methoxy groups -OCH3 is 1. The SMILES string of the molecule is COC(=O)c1cc(C(C)(C)C)sc1NC(=O)NC1CCC(O)CC1. The normalized spacial score (nSPS) is 21.2. The van der Waals surface area contributed by atoms with Crippen LogP contribution in [-0.4, -0.2) is 36.4 Å². The summed E-state index contributed by atoms with van der Waals surface area (Å²) in [6.45, 7) is 6.16. The molecular weight excluding hydrogens is 328 g/mol. The third-order valence-corrected chi connectivity index (χ3v) is 5.61. The Morgan fingerprint density at radius 1 is 1.25 bits per heavy atom. The van der Waals surface area contributed by atoms with Gasteiger partial charge in [-0.1, -0.05) is 20.8 Å². The molecule has 1 saturated carbocycles. The Balaban J connectivity index is 2.08. The summed E-state index contributed by atoms with van der Waals surface area (Å²) in [5.41, 5.74) is 0.255. The zero-order chi connectivity index (χ0) is 17.9. The Bertz CT molecular complexity index is 598. The van der Waals surface area contributed by atoms with Gasteiger partial charge >= 0.3 is 12.0 Å². The number of esters is 1. The van der Waals surface area contributed by atoms with Gasteiger partial charge in [0.1, 0.15) is 5.00 Å². The smallest absolute Gasteiger partial charge is 0.340 e. The first-order valence-electron chi connectivity index (χ1n) is 8.19. The van der Waals surface area contributed by atoms with Gasteiger partial charge in [0.25, 0.3) is 0 Å². The van der Waals surface area contributed by atoms with Gasteiger partial charge < -0.3 is 15.2 Å². The number of urea groups is 1. The van der Waals surface area contributed by atoms with Crippen molar-refractivity contribution in [2.75, 3.05) is 12.4 Å². The number of amides is 2. The number of rotatable bonds is 3. The van der Waals surface area contributed by atoms with Gasteiger partial charge in [-0.05, 0) is 37.2 Å². The van der Waals surface area contributed by atoms with Crippen LogP contribution in [0, 0.1) is 0 Å². The third kappa shape index (κ3) is 4.70. The minimum Gasteiger partial charge on any atom is -0.465 e. The quantitative estimate of drug-likeness (QED) is 0.727. The van der Waals surface area contributed by atoms with Crippen LogP contribution in [0.25, 0.3) is 0 Å². The summed E-state index contributed by atoms with van der Waals surface area (Å²) in [6, 6.07) is 1.50. The third-order valence-electron chi connectivity index (χ3n) is 4.14. The van der Waals surface area contributed by atoms with Crippen LogP contribution < -0.4 is 10.6 Å². The number of anilines is 1. The van der Waals surface area contributed by atoms with Crippen molar-refractivity contribution < 1.29 is 19.4 Å². The fourth-order valence-electron chi connectivity index (χ4n) is 2.66. The van der Waals surface area contributed by atoms with E-state index in [0.29, 0.717) is 23.4 Å². The lowest BCUT2D eigenvalue weighted by atomic mass is 9.93. The first-order valence-corrected chi connectivity index (χ1v) is 9.00. The maximum atomic E-state index is 12.3. The van der Waals surface area contributed by atoms with Gasteiger partial charge in [-0.2, -0.15) is 0 Å². The van der Waals surface area contributed by atoms with Gasteiger partial charge in [-0.3, -0.25) is 5.32 Å². The molecule has 1 fully saturated rings. The Hall–Kier alpha value is -1.60. The molecule has 0 unspecified atom stereocenters. The number of carbonyl (C=O) groups excluding carboxylic acids is 2. The van der Waals surface area contributed by atoms with Crippen LogP contribution in [0.3, 0.4) is 0 Å². The number of hydrogen-bond acceptors (Lipinski definition) is 5. The van der Waals surface area contributed by atoms with Gasteiger partial charge in [-0.25, -0.2) is 9.59 Å². The van der Waals surface area contributed by atoms with E-state index in [-0.39, 0.29) is 23.6 Å². The second kappa shape index (κ2) is 7.53. The Morgan fingerprint density at radius 2 is 1.88 bits per heavy atom. The maximum absolute atomic E-state index is 12.3. The minimum absolute atomic E-state index is 0.0528. The number of carbonyl (C=O) groups is 2. The molecule has 0 aliphatic heterocycles. The van der Waals surface area contributed by atoms with Gasteiger partial charge in [0.15, 0.2) is 0 Å². The highest BCUT2D eigenvalue weighted by Crippen LogP contribution is 2.36. The number of hydrogen-bond donors (Lipinski definition) is 3. The van der Waals surface area contributed by atoms with E-state index >= 15 is 0 Å². The molecule has 3 N–H and O–H groups in total. The van der Waals surface area contributed by atoms with Gasteiger partial charge in [0.2, 0.25) is 0 Å². The Labute approximate surface area is 146 Å². The molecule has 1 aromatic heterocycles. The predicted octanol–water partition coefficient (Wildman–Crippen LogP) is 3.26. The summed E-state index contributed by atoms with van der Waals surface area (Å²) in [7, 11) is 1.33. The number of nitrogens with one attached hydrogen (secondary N) is 2. The molecule has 1 aromatic rings. The molecule has 134 valence electrons. The van der Waals surface area contributed by atoms with Crippen LogP contribution in [0.2, 0.25) is 0 Å². The van der Waals surface area contributed by atoms with Crippen LogP contribution in [0.4, 0.5) is 9.80 Å². The topological polar surface area (TPSA) is 87.7 Å². The lowest BCUT2D eigenvalue weighted by Crippen LogP contribution is -2.40. The van der Waals surface area contributed by atoms with E-state index in [9.17, 15) is 14.7 Å². The maximum Gasteiger partial charge on any atom is 0.340 e. The fraction of sp³-hybridized carbons (Fsp3) is 0.647. The second-order valence-corrected chi connectivity index (χ2v) is 8.25. The summed E-state index contributed by atoms with van der Waals surface area (Å²) >= 11 is 1.39. The van der Waals surface area contributed by atoms with Crippen molar-refractivity contribution in [3.05, 3.63) is 16.5 Å². The molecule has 6 nitrogen and oxygen atoms in total. The van der Waals surface area contributed by atoms with Crippen LogP contribution >= 0.6 is 11.3 Å². The van der Waals surface area contributed by atoms with Crippen molar-refractivity contribution >= 4 is 28.3 Å². The first kappa shape index (κ1) is 18.7. The lowest BCUT2D eigenvalue weighted by molar-refractivity contribution is 0.0602. The lowest BCUT2D eigenvalue weighted by Gasteiger charge is -2.26. The molecule has 0 saturated heterocycles. The second-order valence-electron chi connectivity index (χ2n) is 7.20. The summed E-state index contributed by atoms with van der Waals surface area (Å²) in [6.07, 6.45) is 2.66. The first-order chi connectivity index (χ1) is 11.2. The average molecular weight is 354 g/mol. The van der Waals surface area contributed by atoms with E-state index in [1.54, 1.807) is 6.07 Å². The van der Waals surface area contributed by atoms with Gasteiger partial charge in [0.05, 0.1) is 18.8 Å². The highest BCUT2D eigenvalue weighted by molar-refractivity contribution is 7.16. The van der Waals surface area contributed by atoms with Crippen molar-refractivity contribution in [2.24, 2.45) is 0 Å². The number of aliphatic hydroxyl groups is 1. The number of aliphatic hydroxyl groups excluding tert-OH is 1. The molecule has 24 heavy (non-hydrogen) atoms. The van der Waals surface area contributed by atoms with E-state index in [4.69, 9.17) is 4.74 Å². The Kier molecular flexibility index (Phi) is 5.87. The molecule has 7 heteroatoms. The van der Waals surface area contributed by atoms with Crippen molar-refractivity contribution in [1.29, 1.82) is 0 Å². The molecule has 0 spiro atoms. The molecule has 2 amide bonds. The fourth-order valence-corrected chi connectivity index (χ4v) is 3.76. The van der Waals surface area contributed by atoms with Gasteiger partial charge in [0, 0.05) is 10.9 Å². The standard InChI is InChI=1S/C17H26N2O4S/c1-17(2,3)13-9-12(15(21)23-4)14(24-13)19-16(22)18-10-5-7-11(20)8-6-10/h9-11,20H,5-8H2,1-4H3,(H2,18,19,22). The van der Waals surface area contributed by atoms with Crippen LogP contribution in [0.1, 0.15) is 61.7 Å². The van der Waals surface area contributed by atoms with Crippen molar-refractivity contribution in [3.8, 4) is 0 Å². The zero-order valence-corrected chi connectivity index (χ0v) is 15.5. The summed E-state index contributed by atoms with van der Waals surface area (Å²) in [5.74, 6) is -0.460. The monoisotopic (exact) mass is 354 g/mol. The summed E-state index contributed by atoms with van der Waals surface area (Å²) in [4.78, 5) is 25.2. The molecule has 1 aliphatic rings. The molecule has 0 bridgehead atoms. The van der Waals surface area contributed by atoms with E-state index in [1.165, 1.54) is 18.4 Å². The molecule has 0 radical (unpaired) electrons. The molecule has 1 heterocycles. The van der Waals surface area contributed by atoms with Crippen molar-refractivity contribution in [3.63, 3.8) is 0 Å². The van der Waals surface area contributed by atoms with E-state index < -0.39 is 5.97 Å². The van der Waals surface area contributed by atoms with E-state index in [0.717, 1.165) is 17.7 Å². The summed E-state index contributed by atoms with van der Waals surface area (Å²) in [5, 5.41) is 15.7. The van der Waals surface area contributed by atoms with E-state index in [1.807, 2.05) is 0 Å². The largest absolute Gasteiger partial charge is 0.465 e. The van der Waals surface area contributed by atoms with Crippen LogP contribution in [0.5, 0.6) is 0 Å². The molecule has 0 atom stereocenters. The highest BCUT2D eigenvalue weighted by atomic mass is 32.1. The van der Waals surface area contributed by atoms with E-state index in [2.05, 4.69) is 31.4 Å². The minimum atomic E-state index is -0.460. The van der Waals surface area contributed by atoms with Gasteiger partial charge in [-0.15, -0.1) is 11.3 Å². The zero-order valence-electron chi connectivity index (χ0n) is 14.6. The van der Waals surface area contributed by atoms with Crippen molar-refractivity contribution in [1.82, 2.24) is 5.32 Å². The van der Waals surface area contributed by atoms with Crippen LogP contribution in [0.15, 0.2) is 6.07 Å². The highest BCUT2D eigenvalue weighted by Gasteiger charge is 2.25. The van der Waals surface area contributed by atoms with Crippen molar-refractivity contribution in [2.45, 2.75) is 64.0 Å². The van der Waals surface area contributed by atoms with Crippen LogP contribution in [-0.2, 0) is 10.2 Å². The molecular formula is C17H26N2O4S. The predicted molar refractivity (Wildman–Crippen MR) is 94.8 cm³/mol. The molecule has 2 rings (SSSR count).